The standard InChI is InChI=1S/C13H14ClN3O3S/c1-19-10(18)6-8-7-20-4-3-17(8)12-11-9(2-5-21-11)15-13(14)16-12/h2,5,8H,3-4,6-7H2,1H3/t8-/m0/s1. The van der Waals surface area contributed by atoms with E-state index in [9.17, 15) is 4.79 Å². The van der Waals surface area contributed by atoms with Crippen LogP contribution in [0.3, 0.4) is 0 Å². The molecule has 2 aromatic rings. The molecule has 1 atom stereocenters. The molecule has 0 aliphatic carbocycles. The molecule has 1 aliphatic rings. The number of methoxy groups -OCH3 is 1. The van der Waals surface area contributed by atoms with Crippen molar-refractivity contribution >= 4 is 44.9 Å². The van der Waals surface area contributed by atoms with E-state index in [1.165, 1.54) is 7.11 Å². The van der Waals surface area contributed by atoms with E-state index in [1.807, 2.05) is 11.4 Å². The molecule has 8 heteroatoms. The van der Waals surface area contributed by atoms with Gasteiger partial charge in [-0.05, 0) is 23.0 Å². The molecule has 1 saturated heterocycles. The van der Waals surface area contributed by atoms with Gasteiger partial charge in [-0.1, -0.05) is 0 Å². The smallest absolute Gasteiger partial charge is 0.307 e. The Kier molecular flexibility index (Phi) is 4.23. The highest BCUT2D eigenvalue weighted by molar-refractivity contribution is 7.17. The van der Waals surface area contributed by atoms with Crippen LogP contribution in [0.2, 0.25) is 5.28 Å². The Balaban J connectivity index is 1.97. The Morgan fingerprint density at radius 2 is 2.48 bits per heavy atom. The van der Waals surface area contributed by atoms with Crippen molar-refractivity contribution in [3.8, 4) is 0 Å². The van der Waals surface area contributed by atoms with Crippen LogP contribution in [0, 0.1) is 0 Å². The van der Waals surface area contributed by atoms with Gasteiger partial charge in [0.2, 0.25) is 5.28 Å². The average molecular weight is 328 g/mol. The molecule has 21 heavy (non-hydrogen) atoms. The number of rotatable bonds is 3. The van der Waals surface area contributed by atoms with Crippen molar-refractivity contribution in [2.75, 3.05) is 31.8 Å². The third kappa shape index (κ3) is 2.95. The number of carbonyl (C=O) groups is 1. The van der Waals surface area contributed by atoms with Crippen LogP contribution in [0.15, 0.2) is 11.4 Å². The first kappa shape index (κ1) is 14.5. The molecule has 0 saturated carbocycles. The summed E-state index contributed by atoms with van der Waals surface area (Å²) in [5, 5.41) is 2.16. The molecule has 6 nitrogen and oxygen atoms in total. The van der Waals surface area contributed by atoms with Crippen LogP contribution in [0.25, 0.3) is 10.2 Å². The summed E-state index contributed by atoms with van der Waals surface area (Å²) in [4.78, 5) is 22.2. The van der Waals surface area contributed by atoms with E-state index in [2.05, 4.69) is 14.9 Å². The lowest BCUT2D eigenvalue weighted by Crippen LogP contribution is -2.47. The third-order valence-corrected chi connectivity index (χ3v) is 4.46. The van der Waals surface area contributed by atoms with E-state index in [0.29, 0.717) is 19.8 Å². The summed E-state index contributed by atoms with van der Waals surface area (Å²) < 4.78 is 11.2. The molecule has 1 aliphatic heterocycles. The van der Waals surface area contributed by atoms with Gasteiger partial charge < -0.3 is 14.4 Å². The summed E-state index contributed by atoms with van der Waals surface area (Å²) in [7, 11) is 1.38. The van der Waals surface area contributed by atoms with Crippen molar-refractivity contribution in [3.63, 3.8) is 0 Å². The number of morpholine rings is 1. The van der Waals surface area contributed by atoms with Crippen molar-refractivity contribution in [2.24, 2.45) is 0 Å². The van der Waals surface area contributed by atoms with Gasteiger partial charge in [-0.25, -0.2) is 4.98 Å². The normalized spacial score (nSPS) is 19.0. The number of nitrogens with zero attached hydrogens (tertiary/aromatic N) is 3. The van der Waals surface area contributed by atoms with E-state index in [-0.39, 0.29) is 23.7 Å². The van der Waals surface area contributed by atoms with Crippen molar-refractivity contribution < 1.29 is 14.3 Å². The fourth-order valence-electron chi connectivity index (χ4n) is 2.39. The molecular formula is C13H14ClN3O3S. The second-order valence-corrected chi connectivity index (χ2v) is 5.91. The molecule has 3 heterocycles. The molecule has 0 aromatic carbocycles. The number of carbonyl (C=O) groups excluding carboxylic acids is 1. The summed E-state index contributed by atoms with van der Waals surface area (Å²) in [6.45, 7) is 1.71. The Bertz CT molecular complexity index is 663. The van der Waals surface area contributed by atoms with E-state index in [1.54, 1.807) is 11.3 Å². The Morgan fingerprint density at radius 3 is 3.29 bits per heavy atom. The number of hydrogen-bond donors (Lipinski definition) is 0. The van der Waals surface area contributed by atoms with E-state index >= 15 is 0 Å². The van der Waals surface area contributed by atoms with Crippen LogP contribution in [-0.4, -0.2) is 48.8 Å². The van der Waals surface area contributed by atoms with Crippen LogP contribution in [0.5, 0.6) is 0 Å². The number of fused-ring (bicyclic) bond motifs is 1. The summed E-state index contributed by atoms with van der Waals surface area (Å²) in [6, 6.07) is 1.80. The van der Waals surface area contributed by atoms with Gasteiger partial charge >= 0.3 is 5.97 Å². The van der Waals surface area contributed by atoms with Gasteiger partial charge in [0, 0.05) is 6.54 Å². The molecule has 0 amide bonds. The number of ether oxygens (including phenoxy) is 2. The molecular weight excluding hydrogens is 314 g/mol. The maximum absolute atomic E-state index is 11.6. The van der Waals surface area contributed by atoms with Gasteiger partial charge in [0.25, 0.3) is 0 Å². The van der Waals surface area contributed by atoms with Gasteiger partial charge in [-0.15, -0.1) is 11.3 Å². The van der Waals surface area contributed by atoms with Crippen molar-refractivity contribution in [2.45, 2.75) is 12.5 Å². The average Bonchev–Trinajstić information content (AvgIpc) is 2.95. The van der Waals surface area contributed by atoms with E-state index in [0.717, 1.165) is 16.0 Å². The van der Waals surface area contributed by atoms with Gasteiger partial charge in [-0.2, -0.15) is 4.98 Å². The first-order chi connectivity index (χ1) is 10.2. The monoisotopic (exact) mass is 327 g/mol. The summed E-state index contributed by atoms with van der Waals surface area (Å²) in [6.07, 6.45) is 0.255. The van der Waals surface area contributed by atoms with Crippen LogP contribution < -0.4 is 4.90 Å². The Morgan fingerprint density at radius 1 is 1.62 bits per heavy atom. The minimum Gasteiger partial charge on any atom is -0.469 e. The highest BCUT2D eigenvalue weighted by Gasteiger charge is 2.29. The van der Waals surface area contributed by atoms with Gasteiger partial charge in [0.1, 0.15) is 0 Å². The SMILES string of the molecule is COC(=O)C[C@H]1COCCN1c1nc(Cl)nc2ccsc12. The van der Waals surface area contributed by atoms with Crippen LogP contribution in [0.4, 0.5) is 5.82 Å². The van der Waals surface area contributed by atoms with Gasteiger partial charge in [0.05, 0.1) is 43.0 Å². The number of esters is 1. The van der Waals surface area contributed by atoms with Gasteiger partial charge in [0.15, 0.2) is 5.82 Å². The molecule has 0 N–H and O–H groups in total. The summed E-state index contributed by atoms with van der Waals surface area (Å²) in [5.74, 6) is 0.496. The second kappa shape index (κ2) is 6.13. The molecule has 0 unspecified atom stereocenters. The van der Waals surface area contributed by atoms with Crippen LogP contribution in [-0.2, 0) is 14.3 Å². The molecule has 0 radical (unpaired) electrons. The van der Waals surface area contributed by atoms with E-state index < -0.39 is 0 Å². The first-order valence-electron chi connectivity index (χ1n) is 6.51. The zero-order chi connectivity index (χ0) is 14.8. The lowest BCUT2D eigenvalue weighted by molar-refractivity contribution is -0.141. The highest BCUT2D eigenvalue weighted by atomic mass is 35.5. The Labute approximate surface area is 130 Å². The zero-order valence-corrected chi connectivity index (χ0v) is 13.0. The lowest BCUT2D eigenvalue weighted by atomic mass is 10.1. The van der Waals surface area contributed by atoms with Crippen molar-refractivity contribution in [1.29, 1.82) is 0 Å². The van der Waals surface area contributed by atoms with Crippen LogP contribution in [0.1, 0.15) is 6.42 Å². The highest BCUT2D eigenvalue weighted by Crippen LogP contribution is 2.32. The fourth-order valence-corrected chi connectivity index (χ4v) is 3.40. The maximum Gasteiger partial charge on any atom is 0.307 e. The van der Waals surface area contributed by atoms with Gasteiger partial charge in [-0.3, -0.25) is 4.79 Å². The minimum atomic E-state index is -0.266. The topological polar surface area (TPSA) is 64.6 Å². The summed E-state index contributed by atoms with van der Waals surface area (Å²) in [5.41, 5.74) is 0.818. The zero-order valence-electron chi connectivity index (χ0n) is 11.4. The molecule has 2 aromatic heterocycles. The quantitative estimate of drug-likeness (QED) is 0.635. The number of anilines is 1. The maximum atomic E-state index is 11.6. The minimum absolute atomic E-state index is 0.109. The summed E-state index contributed by atoms with van der Waals surface area (Å²) >= 11 is 7.57. The van der Waals surface area contributed by atoms with Crippen molar-refractivity contribution in [3.05, 3.63) is 16.7 Å². The number of halogens is 1. The number of aromatic nitrogens is 2. The largest absolute Gasteiger partial charge is 0.469 e. The molecule has 3 rings (SSSR count). The Hall–Kier alpha value is -1.44. The molecule has 1 fully saturated rings. The molecule has 0 bridgehead atoms. The number of hydrogen-bond acceptors (Lipinski definition) is 7. The van der Waals surface area contributed by atoms with Crippen molar-refractivity contribution in [1.82, 2.24) is 9.97 Å². The fraction of sp³-hybridized carbons (Fsp3) is 0.462. The first-order valence-corrected chi connectivity index (χ1v) is 7.76. The predicted molar refractivity (Wildman–Crippen MR) is 81.0 cm³/mol. The molecule has 0 spiro atoms. The second-order valence-electron chi connectivity index (χ2n) is 4.65. The third-order valence-electron chi connectivity index (χ3n) is 3.39. The predicted octanol–water partition coefficient (Wildman–Crippen LogP) is 2.11. The molecule has 112 valence electrons. The van der Waals surface area contributed by atoms with Crippen LogP contribution >= 0.6 is 22.9 Å². The lowest BCUT2D eigenvalue weighted by Gasteiger charge is -2.36. The number of thiophene rings is 1. The van der Waals surface area contributed by atoms with E-state index in [4.69, 9.17) is 21.1 Å².